The second-order valence-electron chi connectivity index (χ2n) is 8.24. The molecular weight excluding hydrogens is 495 g/mol. The lowest BCUT2D eigenvalue weighted by Crippen LogP contribution is -2.61. The maximum Gasteiger partial charge on any atom is 0.325 e. The van der Waals surface area contributed by atoms with Crippen molar-refractivity contribution in [1.29, 1.82) is 0 Å². The number of rotatable bonds is 11. The molecule has 12 heteroatoms. The van der Waals surface area contributed by atoms with Crippen molar-refractivity contribution in [3.63, 3.8) is 0 Å². The summed E-state index contributed by atoms with van der Waals surface area (Å²) in [5.41, 5.74) is 2.81. The Labute approximate surface area is 209 Å². The van der Waals surface area contributed by atoms with Crippen molar-refractivity contribution >= 4 is 58.5 Å². The van der Waals surface area contributed by atoms with Crippen molar-refractivity contribution in [3.05, 3.63) is 12.7 Å². The summed E-state index contributed by atoms with van der Waals surface area (Å²) in [6.45, 7) is 8.70. The number of allylic oxidation sites excluding steroid dienone is 1. The van der Waals surface area contributed by atoms with E-state index in [4.69, 9.17) is 39.5 Å². The Kier molecular flexibility index (Phi) is 12.5. The van der Waals surface area contributed by atoms with Gasteiger partial charge in [0, 0.05) is 13.0 Å². The van der Waals surface area contributed by atoms with Crippen LogP contribution in [0.25, 0.3) is 0 Å². The zero-order chi connectivity index (χ0) is 25.2. The van der Waals surface area contributed by atoms with Gasteiger partial charge in [-0.1, -0.05) is 54.7 Å². The zero-order valence-electron chi connectivity index (χ0n) is 19.2. The van der Waals surface area contributed by atoms with E-state index in [0.29, 0.717) is 32.2 Å². The molecule has 1 aliphatic rings. The van der Waals surface area contributed by atoms with Crippen LogP contribution in [0.4, 0.5) is 0 Å². The Balaban J connectivity index is 2.65. The van der Waals surface area contributed by atoms with Crippen molar-refractivity contribution in [1.82, 2.24) is 21.1 Å². The number of halogens is 3. The average Bonchev–Trinajstić information content (AvgIpc) is 2.74. The highest BCUT2D eigenvalue weighted by molar-refractivity contribution is 6.67. The number of nitrogens with zero attached hydrogens (tertiary/aromatic N) is 1. The molecule has 0 aromatic rings. The monoisotopic (exact) mass is 526 g/mol. The van der Waals surface area contributed by atoms with E-state index < -0.39 is 46.3 Å². The highest BCUT2D eigenvalue weighted by atomic mass is 35.6. The smallest absolute Gasteiger partial charge is 0.325 e. The maximum atomic E-state index is 12.8. The lowest BCUT2D eigenvalue weighted by atomic mass is 10.0. The van der Waals surface area contributed by atoms with Gasteiger partial charge >= 0.3 is 5.97 Å². The van der Waals surface area contributed by atoms with Crippen LogP contribution in [0.3, 0.4) is 0 Å². The summed E-state index contributed by atoms with van der Waals surface area (Å²) in [6, 6.07) is -2.45. The number of ether oxygens (including phenoxy) is 1. The molecule has 1 rings (SSSR count). The number of hydrogen-bond donors (Lipinski definition) is 3. The topological polar surface area (TPSA) is 117 Å². The molecule has 3 amide bonds. The number of hydrogen-bond acceptors (Lipinski definition) is 6. The summed E-state index contributed by atoms with van der Waals surface area (Å²) < 4.78 is 3.25. The predicted octanol–water partition coefficient (Wildman–Crippen LogP) is 2.40. The number of amides is 3. The minimum atomic E-state index is -1.73. The minimum Gasteiger partial charge on any atom is -0.460 e. The Morgan fingerprint density at radius 3 is 2.45 bits per heavy atom. The summed E-state index contributed by atoms with van der Waals surface area (Å²) in [5, 5.41) is 6.65. The van der Waals surface area contributed by atoms with E-state index in [1.54, 1.807) is 19.9 Å². The largest absolute Gasteiger partial charge is 0.460 e. The SMILES string of the molecule is C=CCCCC(=O)NC(C(=O)NC(C)C(=O)N1CCCC(C(=O)OCC(Cl)(Cl)Cl)N1)C(C)C. The molecule has 0 saturated carbocycles. The number of esters is 1. The van der Waals surface area contributed by atoms with E-state index >= 15 is 0 Å². The van der Waals surface area contributed by atoms with Crippen LogP contribution in [0.5, 0.6) is 0 Å². The van der Waals surface area contributed by atoms with Crippen molar-refractivity contribution in [3.8, 4) is 0 Å². The first kappa shape index (κ1) is 29.5. The fourth-order valence-corrected chi connectivity index (χ4v) is 3.32. The fraction of sp³-hybridized carbons (Fsp3) is 0.714. The third-order valence-electron chi connectivity index (χ3n) is 4.92. The molecule has 0 radical (unpaired) electrons. The van der Waals surface area contributed by atoms with Crippen LogP contribution in [0, 0.1) is 5.92 Å². The average molecular weight is 528 g/mol. The van der Waals surface area contributed by atoms with E-state index in [1.807, 2.05) is 0 Å². The van der Waals surface area contributed by atoms with Crippen molar-refractivity contribution in [2.45, 2.75) is 74.8 Å². The van der Waals surface area contributed by atoms with Crippen LogP contribution < -0.4 is 16.1 Å². The van der Waals surface area contributed by atoms with Crippen LogP contribution in [0.2, 0.25) is 0 Å². The molecule has 3 N–H and O–H groups in total. The first-order valence-electron chi connectivity index (χ1n) is 10.9. The third-order valence-corrected chi connectivity index (χ3v) is 5.25. The Morgan fingerprint density at radius 2 is 1.88 bits per heavy atom. The molecule has 0 aromatic carbocycles. The number of nitrogens with one attached hydrogen (secondary N) is 3. The zero-order valence-corrected chi connectivity index (χ0v) is 21.4. The van der Waals surface area contributed by atoms with Crippen LogP contribution in [0.1, 0.15) is 52.9 Å². The molecule has 1 fully saturated rings. The Hall–Kier alpha value is -1.55. The minimum absolute atomic E-state index is 0.180. The maximum absolute atomic E-state index is 12.8. The van der Waals surface area contributed by atoms with Gasteiger partial charge in [-0.2, -0.15) is 0 Å². The van der Waals surface area contributed by atoms with Gasteiger partial charge in [0.25, 0.3) is 5.91 Å². The number of carbonyl (C=O) groups excluding carboxylic acids is 4. The van der Waals surface area contributed by atoms with E-state index in [1.165, 1.54) is 11.9 Å². The molecular formula is C21H33Cl3N4O5. The number of alkyl halides is 3. The molecule has 3 unspecified atom stereocenters. The van der Waals surface area contributed by atoms with Gasteiger partial charge in [0.1, 0.15) is 24.7 Å². The van der Waals surface area contributed by atoms with Gasteiger partial charge in [-0.05, 0) is 38.5 Å². The second kappa shape index (κ2) is 14.0. The molecule has 9 nitrogen and oxygen atoms in total. The highest BCUT2D eigenvalue weighted by Gasteiger charge is 2.34. The highest BCUT2D eigenvalue weighted by Crippen LogP contribution is 2.26. The van der Waals surface area contributed by atoms with E-state index in [-0.39, 0.29) is 18.2 Å². The van der Waals surface area contributed by atoms with E-state index in [2.05, 4.69) is 22.6 Å². The lowest BCUT2D eigenvalue weighted by molar-refractivity contribution is -0.152. The van der Waals surface area contributed by atoms with Gasteiger partial charge in [-0.3, -0.25) is 24.2 Å². The van der Waals surface area contributed by atoms with Crippen LogP contribution in [-0.4, -0.2) is 63.8 Å². The number of hydrazine groups is 1. The summed E-state index contributed by atoms with van der Waals surface area (Å²) in [6.07, 6.45) is 4.35. The molecule has 3 atom stereocenters. The van der Waals surface area contributed by atoms with Crippen LogP contribution >= 0.6 is 34.8 Å². The fourth-order valence-electron chi connectivity index (χ4n) is 3.15. The molecule has 0 aromatic heterocycles. The molecule has 0 bridgehead atoms. The number of carbonyl (C=O) groups is 4. The van der Waals surface area contributed by atoms with E-state index in [0.717, 1.165) is 0 Å². The van der Waals surface area contributed by atoms with Crippen molar-refractivity contribution < 1.29 is 23.9 Å². The van der Waals surface area contributed by atoms with Gasteiger partial charge in [0.2, 0.25) is 15.6 Å². The van der Waals surface area contributed by atoms with Crippen molar-refractivity contribution in [2.24, 2.45) is 5.92 Å². The van der Waals surface area contributed by atoms with Gasteiger partial charge in [0.05, 0.1) is 0 Å². The Morgan fingerprint density at radius 1 is 1.21 bits per heavy atom. The molecule has 0 spiro atoms. The molecule has 1 aliphatic heterocycles. The first-order chi connectivity index (χ1) is 15.4. The van der Waals surface area contributed by atoms with Gasteiger partial charge in [-0.15, -0.1) is 6.58 Å². The van der Waals surface area contributed by atoms with Gasteiger partial charge < -0.3 is 15.4 Å². The van der Waals surface area contributed by atoms with Crippen LogP contribution in [0.15, 0.2) is 12.7 Å². The second-order valence-corrected chi connectivity index (χ2v) is 10.8. The molecule has 1 heterocycles. The molecule has 188 valence electrons. The summed E-state index contributed by atoms with van der Waals surface area (Å²) in [7, 11) is 0. The lowest BCUT2D eigenvalue weighted by Gasteiger charge is -2.34. The van der Waals surface area contributed by atoms with Gasteiger partial charge in [-0.25, -0.2) is 5.43 Å². The third kappa shape index (κ3) is 10.9. The quantitative estimate of drug-likeness (QED) is 0.164. The summed E-state index contributed by atoms with van der Waals surface area (Å²) >= 11 is 16.8. The van der Waals surface area contributed by atoms with E-state index in [9.17, 15) is 19.2 Å². The molecule has 1 saturated heterocycles. The summed E-state index contributed by atoms with van der Waals surface area (Å²) in [5.74, 6) is -1.95. The predicted molar refractivity (Wildman–Crippen MR) is 128 cm³/mol. The normalized spacial score (nSPS) is 18.3. The molecule has 33 heavy (non-hydrogen) atoms. The van der Waals surface area contributed by atoms with Gasteiger partial charge in [0.15, 0.2) is 0 Å². The Bertz CT molecular complexity index is 715. The van der Waals surface area contributed by atoms with Crippen molar-refractivity contribution in [2.75, 3.05) is 13.2 Å². The number of unbranched alkanes of at least 4 members (excludes halogenated alkanes) is 1. The first-order valence-corrected chi connectivity index (χ1v) is 12.0. The van der Waals surface area contributed by atoms with Crippen LogP contribution in [-0.2, 0) is 23.9 Å². The standard InChI is InChI=1S/C21H33Cl3N4O5/c1-5-6-7-10-16(29)26-17(13(2)3)18(30)25-14(4)19(31)28-11-8-9-15(27-28)20(32)33-12-21(22,23)24/h5,13-15,17,27H,1,6-12H2,2-4H3,(H,25,30)(H,26,29). The summed E-state index contributed by atoms with van der Waals surface area (Å²) in [4.78, 5) is 49.9. The molecule has 0 aliphatic carbocycles.